The number of aromatic nitrogens is 1. The summed E-state index contributed by atoms with van der Waals surface area (Å²) in [5.74, 6) is -3.06. The number of ketones is 1. The van der Waals surface area contributed by atoms with Gasteiger partial charge in [0, 0.05) is 38.1 Å². The number of carbonyl (C=O) groups is 3. The number of halogens is 3. The molecule has 4 rings (SSSR count). The van der Waals surface area contributed by atoms with Crippen LogP contribution in [0.5, 0.6) is 5.75 Å². The van der Waals surface area contributed by atoms with Gasteiger partial charge in [0.15, 0.2) is 0 Å². The standard InChI is InChI=1S/C24H18Cl2FN3O4/c1-13(31)34-16-6-7-21-17(8-16)18(12-30(21)11-14-2-4-15(27)5-3-14)23(32)24(33)29-22-19(25)9-28-10-20(22)26/h2-10,18H,11-12H2,1H3,(H,28,29,33). The van der Waals surface area contributed by atoms with Gasteiger partial charge in [0.05, 0.1) is 21.7 Å². The molecule has 10 heteroatoms. The smallest absolute Gasteiger partial charge is 0.308 e. The number of hydrogen-bond donors (Lipinski definition) is 1. The molecule has 3 aromatic rings. The van der Waals surface area contributed by atoms with E-state index in [-0.39, 0.29) is 33.8 Å². The van der Waals surface area contributed by atoms with E-state index in [2.05, 4.69) is 10.3 Å². The van der Waals surface area contributed by atoms with E-state index in [4.69, 9.17) is 27.9 Å². The van der Waals surface area contributed by atoms with E-state index in [1.807, 2.05) is 4.90 Å². The second kappa shape index (κ2) is 9.79. The number of anilines is 2. The van der Waals surface area contributed by atoms with Crippen molar-refractivity contribution in [1.82, 2.24) is 4.98 Å². The minimum atomic E-state index is -0.896. The Bertz CT molecular complexity index is 1260. The maximum absolute atomic E-state index is 13.3. The lowest BCUT2D eigenvalue weighted by Crippen LogP contribution is -2.31. The van der Waals surface area contributed by atoms with Gasteiger partial charge in [-0.25, -0.2) is 4.39 Å². The van der Waals surface area contributed by atoms with Gasteiger partial charge in [0.25, 0.3) is 5.91 Å². The average molecular weight is 502 g/mol. The monoisotopic (exact) mass is 501 g/mol. The summed E-state index contributed by atoms with van der Waals surface area (Å²) in [5.41, 5.74) is 2.15. The number of nitrogens with zero attached hydrogens (tertiary/aromatic N) is 2. The molecule has 1 amide bonds. The first-order chi connectivity index (χ1) is 16.2. The van der Waals surface area contributed by atoms with E-state index < -0.39 is 23.6 Å². The van der Waals surface area contributed by atoms with Gasteiger partial charge >= 0.3 is 5.97 Å². The van der Waals surface area contributed by atoms with Crippen LogP contribution in [-0.2, 0) is 20.9 Å². The van der Waals surface area contributed by atoms with Crippen LogP contribution in [0.25, 0.3) is 0 Å². The highest BCUT2D eigenvalue weighted by Gasteiger charge is 2.37. The minimum absolute atomic E-state index is 0.0896. The molecule has 0 radical (unpaired) electrons. The van der Waals surface area contributed by atoms with Crippen LogP contribution < -0.4 is 15.0 Å². The van der Waals surface area contributed by atoms with E-state index >= 15 is 0 Å². The van der Waals surface area contributed by atoms with Gasteiger partial charge in [-0.05, 0) is 41.5 Å². The highest BCUT2D eigenvalue weighted by atomic mass is 35.5. The topological polar surface area (TPSA) is 88.6 Å². The van der Waals surface area contributed by atoms with Crippen LogP contribution in [-0.4, -0.2) is 29.2 Å². The maximum atomic E-state index is 13.3. The predicted octanol–water partition coefficient (Wildman–Crippen LogP) is 4.76. The maximum Gasteiger partial charge on any atom is 0.308 e. The molecule has 1 unspecified atom stereocenters. The van der Waals surface area contributed by atoms with Crippen LogP contribution in [0.2, 0.25) is 10.0 Å². The number of amides is 1. The SMILES string of the molecule is CC(=O)Oc1ccc2c(c1)C(C(=O)C(=O)Nc1c(Cl)cncc1Cl)CN2Cc1ccc(F)cc1. The normalized spacial score (nSPS) is 14.5. The molecule has 174 valence electrons. The van der Waals surface area contributed by atoms with E-state index in [9.17, 15) is 18.8 Å². The van der Waals surface area contributed by atoms with Crippen molar-refractivity contribution in [2.24, 2.45) is 0 Å². The molecule has 2 heterocycles. The van der Waals surface area contributed by atoms with Gasteiger partial charge in [-0.2, -0.15) is 0 Å². The molecule has 1 aromatic heterocycles. The summed E-state index contributed by atoms with van der Waals surface area (Å²) in [6.07, 6.45) is 2.60. The molecule has 34 heavy (non-hydrogen) atoms. The first-order valence-corrected chi connectivity index (χ1v) is 10.9. The summed E-state index contributed by atoms with van der Waals surface area (Å²) in [6.45, 7) is 1.85. The lowest BCUT2D eigenvalue weighted by atomic mass is 9.96. The molecule has 1 aliphatic rings. The first kappa shape index (κ1) is 23.7. The Morgan fingerprint density at radius 3 is 2.44 bits per heavy atom. The summed E-state index contributed by atoms with van der Waals surface area (Å²) in [6, 6.07) is 10.9. The van der Waals surface area contributed by atoms with Crippen LogP contribution in [0, 0.1) is 5.82 Å². The van der Waals surface area contributed by atoms with Crippen molar-refractivity contribution in [3.63, 3.8) is 0 Å². The Balaban J connectivity index is 1.63. The molecule has 0 saturated carbocycles. The molecule has 1 aliphatic heterocycles. The van der Waals surface area contributed by atoms with Crippen LogP contribution in [0.15, 0.2) is 54.9 Å². The molecule has 0 spiro atoms. The third kappa shape index (κ3) is 5.03. The summed E-state index contributed by atoms with van der Waals surface area (Å²) in [5, 5.41) is 2.65. The third-order valence-corrected chi connectivity index (χ3v) is 5.87. The van der Waals surface area contributed by atoms with Crippen LogP contribution in [0.1, 0.15) is 24.0 Å². The molecular formula is C24H18Cl2FN3O4. The zero-order valence-electron chi connectivity index (χ0n) is 17.8. The van der Waals surface area contributed by atoms with Crippen molar-refractivity contribution in [1.29, 1.82) is 0 Å². The summed E-state index contributed by atoms with van der Waals surface area (Å²) in [4.78, 5) is 43.2. The second-order valence-electron chi connectivity index (χ2n) is 7.67. The molecule has 1 N–H and O–H groups in total. The highest BCUT2D eigenvalue weighted by Crippen LogP contribution is 2.40. The molecule has 0 aliphatic carbocycles. The van der Waals surface area contributed by atoms with E-state index in [1.165, 1.54) is 31.5 Å². The van der Waals surface area contributed by atoms with Crippen molar-refractivity contribution < 1.29 is 23.5 Å². The summed E-state index contributed by atoms with van der Waals surface area (Å²) < 4.78 is 18.5. The van der Waals surface area contributed by atoms with Crippen LogP contribution >= 0.6 is 23.2 Å². The molecule has 0 fully saturated rings. The van der Waals surface area contributed by atoms with E-state index in [0.717, 1.165) is 5.56 Å². The Kier molecular flexibility index (Phi) is 6.81. The van der Waals surface area contributed by atoms with Crippen molar-refractivity contribution >= 4 is 52.2 Å². The fourth-order valence-electron chi connectivity index (χ4n) is 3.79. The summed E-state index contributed by atoms with van der Waals surface area (Å²) in [7, 11) is 0. The molecule has 2 aromatic carbocycles. The molecular weight excluding hydrogens is 484 g/mol. The lowest BCUT2D eigenvalue weighted by Gasteiger charge is -2.20. The summed E-state index contributed by atoms with van der Waals surface area (Å²) >= 11 is 12.1. The van der Waals surface area contributed by atoms with Gasteiger partial charge in [-0.15, -0.1) is 0 Å². The Labute approximate surface area is 204 Å². The number of esters is 1. The second-order valence-corrected chi connectivity index (χ2v) is 8.48. The van der Waals surface area contributed by atoms with E-state index in [1.54, 1.807) is 30.3 Å². The average Bonchev–Trinajstić information content (AvgIpc) is 3.14. The Morgan fingerprint density at radius 2 is 1.79 bits per heavy atom. The van der Waals surface area contributed by atoms with Crippen molar-refractivity contribution in [3.8, 4) is 5.75 Å². The number of rotatable bonds is 6. The number of hydrogen-bond acceptors (Lipinski definition) is 6. The predicted molar refractivity (Wildman–Crippen MR) is 126 cm³/mol. The number of pyridine rings is 1. The van der Waals surface area contributed by atoms with Gasteiger partial charge in [-0.1, -0.05) is 35.3 Å². The van der Waals surface area contributed by atoms with Crippen LogP contribution in [0.4, 0.5) is 15.8 Å². The van der Waals surface area contributed by atoms with Crippen molar-refractivity contribution in [2.45, 2.75) is 19.4 Å². The van der Waals surface area contributed by atoms with Crippen molar-refractivity contribution in [2.75, 3.05) is 16.8 Å². The van der Waals surface area contributed by atoms with Gasteiger partial charge < -0.3 is 15.0 Å². The fourth-order valence-corrected chi connectivity index (χ4v) is 4.25. The quantitative estimate of drug-likeness (QED) is 0.297. The molecule has 0 bridgehead atoms. The number of carbonyl (C=O) groups excluding carboxylic acids is 3. The molecule has 7 nitrogen and oxygen atoms in total. The Hall–Kier alpha value is -3.49. The zero-order valence-corrected chi connectivity index (χ0v) is 19.4. The zero-order chi connectivity index (χ0) is 24.4. The number of benzene rings is 2. The number of fused-ring (bicyclic) bond motifs is 1. The van der Waals surface area contributed by atoms with Gasteiger partial charge in [0.2, 0.25) is 5.78 Å². The number of Topliss-reactive ketones (excluding diaryl/α,β-unsaturated/α-hetero) is 1. The van der Waals surface area contributed by atoms with E-state index in [0.29, 0.717) is 17.8 Å². The third-order valence-electron chi connectivity index (χ3n) is 5.30. The largest absolute Gasteiger partial charge is 0.427 e. The van der Waals surface area contributed by atoms with Gasteiger partial charge in [-0.3, -0.25) is 19.4 Å². The lowest BCUT2D eigenvalue weighted by molar-refractivity contribution is -0.135. The Morgan fingerprint density at radius 1 is 1.12 bits per heavy atom. The molecule has 0 saturated heterocycles. The van der Waals surface area contributed by atoms with Crippen molar-refractivity contribution in [3.05, 3.63) is 81.8 Å². The molecule has 1 atom stereocenters. The number of ether oxygens (including phenoxy) is 1. The first-order valence-electron chi connectivity index (χ1n) is 10.2. The van der Waals surface area contributed by atoms with Gasteiger partial charge in [0.1, 0.15) is 11.6 Å². The minimum Gasteiger partial charge on any atom is -0.427 e. The number of nitrogens with one attached hydrogen (secondary N) is 1. The highest BCUT2D eigenvalue weighted by molar-refractivity contribution is 6.46. The fraction of sp³-hybridized carbons (Fsp3) is 0.167. The van der Waals surface area contributed by atoms with Crippen LogP contribution in [0.3, 0.4) is 0 Å².